The Bertz CT molecular complexity index is 644. The summed E-state index contributed by atoms with van der Waals surface area (Å²) >= 11 is 0. The lowest BCUT2D eigenvalue weighted by molar-refractivity contribution is -0.142. The second-order valence-corrected chi connectivity index (χ2v) is 8.86. The maximum Gasteiger partial charge on any atom is 0.494 e. The Labute approximate surface area is 155 Å². The average Bonchev–Trinajstić information content (AvgIpc) is 2.93. The summed E-state index contributed by atoms with van der Waals surface area (Å²) in [7, 11) is -1.27. The van der Waals surface area contributed by atoms with E-state index in [1.165, 1.54) is 0 Å². The first-order chi connectivity index (χ1) is 12.0. The van der Waals surface area contributed by atoms with Gasteiger partial charge in [-0.1, -0.05) is 46.8 Å². The number of alkyl halides is 6. The number of hydrogen-bond donors (Lipinski definition) is 0. The van der Waals surface area contributed by atoms with Crippen molar-refractivity contribution in [1.29, 1.82) is 0 Å². The third kappa shape index (κ3) is 5.64. The summed E-state index contributed by atoms with van der Waals surface area (Å²) < 4.78 is 89.3. The standard InChI is InChI=1S/C18H23BF6O2/c1-15(2,3)10-16(4,5)14-9-26-19(27-14)13-7-11(17(20,21)22)6-12(8-13)18(23,24)25/h6-8,14H,9-10H2,1-5H3. The van der Waals surface area contributed by atoms with E-state index in [1.807, 2.05) is 34.6 Å². The first-order valence-electron chi connectivity index (χ1n) is 8.55. The first-order valence-corrected chi connectivity index (χ1v) is 8.55. The van der Waals surface area contributed by atoms with Crippen LogP contribution in [-0.4, -0.2) is 19.8 Å². The van der Waals surface area contributed by atoms with Gasteiger partial charge in [-0.05, 0) is 28.8 Å². The predicted molar refractivity (Wildman–Crippen MR) is 90.5 cm³/mol. The number of hydrogen-bond acceptors (Lipinski definition) is 2. The highest BCUT2D eigenvalue weighted by Gasteiger charge is 2.45. The first kappa shape index (κ1) is 22.1. The second kappa shape index (κ2) is 6.99. The lowest BCUT2D eigenvalue weighted by Gasteiger charge is -2.36. The minimum absolute atomic E-state index is 0.0232. The summed E-state index contributed by atoms with van der Waals surface area (Å²) in [6.45, 7) is 10.1. The number of rotatable bonds is 3. The molecule has 152 valence electrons. The maximum atomic E-state index is 13.0. The molecule has 1 aliphatic heterocycles. The molecule has 1 heterocycles. The van der Waals surface area contributed by atoms with Crippen LogP contribution in [0.15, 0.2) is 18.2 Å². The van der Waals surface area contributed by atoms with E-state index in [4.69, 9.17) is 9.31 Å². The van der Waals surface area contributed by atoms with Crippen LogP contribution >= 0.6 is 0 Å². The highest BCUT2D eigenvalue weighted by Crippen LogP contribution is 2.40. The van der Waals surface area contributed by atoms with E-state index in [-0.39, 0.29) is 29.0 Å². The molecule has 1 aromatic rings. The monoisotopic (exact) mass is 396 g/mol. The van der Waals surface area contributed by atoms with Crippen molar-refractivity contribution in [3.05, 3.63) is 29.3 Å². The Balaban J connectivity index is 2.31. The molecule has 2 rings (SSSR count). The van der Waals surface area contributed by atoms with Crippen LogP contribution < -0.4 is 5.46 Å². The minimum atomic E-state index is -4.90. The van der Waals surface area contributed by atoms with Crippen LogP contribution in [-0.2, 0) is 21.7 Å². The summed E-state index contributed by atoms with van der Waals surface area (Å²) in [5.74, 6) is 0. The van der Waals surface area contributed by atoms with Gasteiger partial charge in [0.2, 0.25) is 0 Å². The van der Waals surface area contributed by atoms with Gasteiger partial charge in [-0.25, -0.2) is 0 Å². The fourth-order valence-corrected chi connectivity index (χ4v) is 3.58. The van der Waals surface area contributed by atoms with Gasteiger partial charge in [-0.3, -0.25) is 0 Å². The summed E-state index contributed by atoms with van der Waals surface area (Å²) in [5, 5.41) is 0. The summed E-state index contributed by atoms with van der Waals surface area (Å²) in [6.07, 6.45) is -9.50. The van der Waals surface area contributed by atoms with Crippen molar-refractivity contribution >= 4 is 12.6 Å². The van der Waals surface area contributed by atoms with Crippen LogP contribution in [0.4, 0.5) is 26.3 Å². The topological polar surface area (TPSA) is 18.5 Å². The van der Waals surface area contributed by atoms with Gasteiger partial charge in [0.05, 0.1) is 23.8 Å². The molecule has 9 heteroatoms. The van der Waals surface area contributed by atoms with Crippen LogP contribution in [0.1, 0.15) is 52.2 Å². The van der Waals surface area contributed by atoms with Crippen molar-refractivity contribution in [2.24, 2.45) is 10.8 Å². The van der Waals surface area contributed by atoms with Crippen molar-refractivity contribution in [3.8, 4) is 0 Å². The molecule has 2 nitrogen and oxygen atoms in total. The molecule has 0 radical (unpaired) electrons. The summed E-state index contributed by atoms with van der Waals surface area (Å²) in [5.41, 5.74) is -3.42. The van der Waals surface area contributed by atoms with Crippen LogP contribution in [0, 0.1) is 10.8 Å². The van der Waals surface area contributed by atoms with Gasteiger partial charge in [0.15, 0.2) is 0 Å². The van der Waals surface area contributed by atoms with Crippen molar-refractivity contribution in [2.45, 2.75) is 59.5 Å². The van der Waals surface area contributed by atoms with E-state index in [0.717, 1.165) is 6.42 Å². The molecular formula is C18H23BF6O2. The van der Waals surface area contributed by atoms with Crippen molar-refractivity contribution < 1.29 is 35.7 Å². The molecule has 27 heavy (non-hydrogen) atoms. The molecule has 1 aromatic carbocycles. The van der Waals surface area contributed by atoms with Crippen LogP contribution in [0.25, 0.3) is 0 Å². The van der Waals surface area contributed by atoms with E-state index >= 15 is 0 Å². The van der Waals surface area contributed by atoms with Crippen molar-refractivity contribution in [3.63, 3.8) is 0 Å². The number of benzene rings is 1. The maximum absolute atomic E-state index is 13.0. The lowest BCUT2D eigenvalue weighted by Crippen LogP contribution is -2.39. The molecule has 0 spiro atoms. The van der Waals surface area contributed by atoms with Crippen LogP contribution in [0.5, 0.6) is 0 Å². The quantitative estimate of drug-likeness (QED) is 0.510. The Morgan fingerprint density at radius 2 is 1.37 bits per heavy atom. The van der Waals surface area contributed by atoms with Crippen molar-refractivity contribution in [1.82, 2.24) is 0 Å². The fraction of sp³-hybridized carbons (Fsp3) is 0.667. The predicted octanol–water partition coefficient (Wildman–Crippen LogP) is 5.30. The third-order valence-corrected chi connectivity index (χ3v) is 4.43. The summed E-state index contributed by atoms with van der Waals surface area (Å²) in [6, 6.07) is 1.40. The Hall–Kier alpha value is -1.22. The van der Waals surface area contributed by atoms with E-state index in [0.29, 0.717) is 12.1 Å². The van der Waals surface area contributed by atoms with E-state index in [1.54, 1.807) is 0 Å². The van der Waals surface area contributed by atoms with Gasteiger partial charge >= 0.3 is 19.5 Å². The van der Waals surface area contributed by atoms with Gasteiger partial charge in [-0.2, -0.15) is 26.3 Å². The Kier molecular flexibility index (Phi) is 5.72. The molecule has 1 fully saturated rings. The molecule has 0 bridgehead atoms. The SMILES string of the molecule is CC(C)(C)CC(C)(C)C1COB(c2cc(C(F)(F)F)cc(C(F)(F)F)c2)O1. The highest BCUT2D eigenvalue weighted by molar-refractivity contribution is 6.61. The largest absolute Gasteiger partial charge is 0.494 e. The smallest absolute Gasteiger partial charge is 0.405 e. The molecule has 0 N–H and O–H groups in total. The highest BCUT2D eigenvalue weighted by atomic mass is 19.4. The minimum Gasteiger partial charge on any atom is -0.405 e. The van der Waals surface area contributed by atoms with E-state index in [9.17, 15) is 26.3 Å². The van der Waals surface area contributed by atoms with Crippen LogP contribution in [0.2, 0.25) is 0 Å². The molecule has 0 aliphatic carbocycles. The molecule has 0 amide bonds. The molecule has 1 saturated heterocycles. The Morgan fingerprint density at radius 3 is 1.78 bits per heavy atom. The zero-order valence-corrected chi connectivity index (χ0v) is 15.9. The second-order valence-electron chi connectivity index (χ2n) is 8.86. The molecule has 0 saturated carbocycles. The number of halogens is 6. The van der Waals surface area contributed by atoms with Gasteiger partial charge in [0.1, 0.15) is 0 Å². The van der Waals surface area contributed by atoms with Gasteiger partial charge in [0, 0.05) is 0 Å². The van der Waals surface area contributed by atoms with Gasteiger partial charge in [0.25, 0.3) is 0 Å². The van der Waals surface area contributed by atoms with Gasteiger partial charge < -0.3 is 9.31 Å². The molecule has 0 aromatic heterocycles. The molecule has 1 aliphatic rings. The molecule has 1 atom stereocenters. The van der Waals surface area contributed by atoms with Crippen LogP contribution in [0.3, 0.4) is 0 Å². The Morgan fingerprint density at radius 1 is 0.889 bits per heavy atom. The normalized spacial score (nSPS) is 19.7. The average molecular weight is 396 g/mol. The van der Waals surface area contributed by atoms with Gasteiger partial charge in [-0.15, -0.1) is 0 Å². The van der Waals surface area contributed by atoms with E-state index < -0.39 is 36.7 Å². The summed E-state index contributed by atoms with van der Waals surface area (Å²) in [4.78, 5) is 0. The lowest BCUT2D eigenvalue weighted by atomic mass is 9.72. The van der Waals surface area contributed by atoms with Crippen molar-refractivity contribution in [2.75, 3.05) is 6.61 Å². The van der Waals surface area contributed by atoms with E-state index in [2.05, 4.69) is 0 Å². The zero-order chi connectivity index (χ0) is 20.8. The zero-order valence-electron chi connectivity index (χ0n) is 15.9. The molecule has 1 unspecified atom stereocenters. The molecular weight excluding hydrogens is 373 g/mol. The fourth-order valence-electron chi connectivity index (χ4n) is 3.58. The third-order valence-electron chi connectivity index (χ3n) is 4.43.